The molecule has 2 aliphatic rings. The highest BCUT2D eigenvalue weighted by Gasteiger charge is 2.54. The van der Waals surface area contributed by atoms with E-state index in [0.29, 0.717) is 12.2 Å². The van der Waals surface area contributed by atoms with E-state index < -0.39 is 17.7 Å². The number of ether oxygens (including phenoxy) is 2. The van der Waals surface area contributed by atoms with Crippen LogP contribution in [0.15, 0.2) is 42.5 Å². The lowest BCUT2D eigenvalue weighted by Crippen LogP contribution is -2.57. The highest BCUT2D eigenvalue weighted by Crippen LogP contribution is 2.43. The van der Waals surface area contributed by atoms with Crippen molar-refractivity contribution in [3.8, 4) is 0 Å². The van der Waals surface area contributed by atoms with E-state index in [1.807, 2.05) is 0 Å². The van der Waals surface area contributed by atoms with Crippen LogP contribution in [0.25, 0.3) is 0 Å². The highest BCUT2D eigenvalue weighted by atomic mass is 16.8. The number of nitrogens with zero attached hydrogens (tertiary/aromatic N) is 1. The number of aliphatic carboxylic acids is 2. The third-order valence-corrected chi connectivity index (χ3v) is 4.51. The first-order chi connectivity index (χ1) is 12.6. The molecule has 0 aliphatic carbocycles. The Bertz CT molecular complexity index is 665. The maximum absolute atomic E-state index is 9.55. The quantitative estimate of drug-likeness (QED) is 0.778. The van der Waals surface area contributed by atoms with Gasteiger partial charge in [0.1, 0.15) is 0 Å². The van der Waals surface area contributed by atoms with Crippen LogP contribution in [-0.2, 0) is 25.6 Å². The normalized spacial score (nSPS) is 25.1. The summed E-state index contributed by atoms with van der Waals surface area (Å²) < 4.78 is 12.2. The maximum Gasteiger partial charge on any atom is 0.328 e. The minimum absolute atomic E-state index is 0.00287. The summed E-state index contributed by atoms with van der Waals surface area (Å²) in [5, 5.41) is 15.6. The van der Waals surface area contributed by atoms with E-state index in [4.69, 9.17) is 19.7 Å². The van der Waals surface area contributed by atoms with Crippen LogP contribution in [-0.4, -0.2) is 58.6 Å². The average molecular weight is 377 g/mol. The minimum Gasteiger partial charge on any atom is -0.478 e. The first-order valence-electron chi connectivity index (χ1n) is 8.83. The summed E-state index contributed by atoms with van der Waals surface area (Å²) >= 11 is 0. The van der Waals surface area contributed by atoms with Gasteiger partial charge in [-0.2, -0.15) is 0 Å². The molecule has 1 aromatic rings. The smallest absolute Gasteiger partial charge is 0.328 e. The van der Waals surface area contributed by atoms with E-state index in [-0.39, 0.29) is 11.5 Å². The topological polar surface area (TPSA) is 96.3 Å². The second-order valence-electron chi connectivity index (χ2n) is 7.72. The fraction of sp³-hybridized carbons (Fsp3) is 0.500. The van der Waals surface area contributed by atoms with Crippen LogP contribution in [0.4, 0.5) is 0 Å². The Morgan fingerprint density at radius 2 is 1.78 bits per heavy atom. The first kappa shape index (κ1) is 21.1. The van der Waals surface area contributed by atoms with Crippen molar-refractivity contribution in [2.45, 2.75) is 39.2 Å². The number of morpholine rings is 1. The largest absolute Gasteiger partial charge is 0.478 e. The Labute approximate surface area is 159 Å². The van der Waals surface area contributed by atoms with Gasteiger partial charge in [0.15, 0.2) is 5.79 Å². The van der Waals surface area contributed by atoms with Gasteiger partial charge in [0.25, 0.3) is 0 Å². The SMILES string of the molecule is CC(C)(C)C12CN(Cc3ccccc3)CC(CO1)O2.O=C(O)/C=C\C(=O)O. The fourth-order valence-corrected chi connectivity index (χ4v) is 3.12. The summed E-state index contributed by atoms with van der Waals surface area (Å²) in [5.41, 5.74) is 1.35. The molecule has 0 aromatic heterocycles. The molecule has 2 unspecified atom stereocenters. The van der Waals surface area contributed by atoms with E-state index in [9.17, 15) is 9.59 Å². The number of carbonyl (C=O) groups is 2. The van der Waals surface area contributed by atoms with Gasteiger partial charge in [-0.15, -0.1) is 0 Å². The van der Waals surface area contributed by atoms with Gasteiger partial charge in [0, 0.05) is 30.7 Å². The Balaban J connectivity index is 0.000000279. The predicted molar refractivity (Wildman–Crippen MR) is 99.1 cm³/mol. The predicted octanol–water partition coefficient (Wildman–Crippen LogP) is 2.37. The molecule has 2 atom stereocenters. The number of carboxylic acids is 2. The lowest BCUT2D eigenvalue weighted by Gasteiger charge is -2.46. The van der Waals surface area contributed by atoms with Gasteiger partial charge in [-0.3, -0.25) is 4.90 Å². The third kappa shape index (κ3) is 5.89. The van der Waals surface area contributed by atoms with Gasteiger partial charge in [-0.25, -0.2) is 9.59 Å². The molecule has 148 valence electrons. The van der Waals surface area contributed by atoms with Crippen molar-refractivity contribution in [3.63, 3.8) is 0 Å². The van der Waals surface area contributed by atoms with Crippen molar-refractivity contribution >= 4 is 11.9 Å². The zero-order valence-electron chi connectivity index (χ0n) is 15.9. The van der Waals surface area contributed by atoms with Gasteiger partial charge < -0.3 is 19.7 Å². The highest BCUT2D eigenvalue weighted by molar-refractivity contribution is 5.89. The standard InChI is InChI=1S/C16H23NO2.C4H4O4/c1-15(2,3)16-12-17(10-14(19-16)11-18-16)9-13-7-5-4-6-8-13;5-3(6)1-2-4(7)8/h4-8,14H,9-12H2,1-3H3;1-2H,(H,5,6)(H,7,8)/b;2-1-. The summed E-state index contributed by atoms with van der Waals surface area (Å²) in [5.74, 6) is -2.95. The molecule has 2 heterocycles. The van der Waals surface area contributed by atoms with Gasteiger partial charge >= 0.3 is 11.9 Å². The summed E-state index contributed by atoms with van der Waals surface area (Å²) in [6.07, 6.45) is 1.33. The monoisotopic (exact) mass is 377 g/mol. The Hall–Kier alpha value is -2.22. The van der Waals surface area contributed by atoms with Gasteiger partial charge in [0.2, 0.25) is 0 Å². The summed E-state index contributed by atoms with van der Waals surface area (Å²) in [6, 6.07) is 10.6. The number of rotatable bonds is 4. The van der Waals surface area contributed by atoms with Crippen LogP contribution < -0.4 is 0 Å². The number of benzene rings is 1. The van der Waals surface area contributed by atoms with Crippen LogP contribution in [0, 0.1) is 5.41 Å². The minimum atomic E-state index is -1.26. The zero-order chi connectivity index (χ0) is 20.1. The molecule has 7 nitrogen and oxygen atoms in total. The number of fused-ring (bicyclic) bond motifs is 2. The molecule has 1 aromatic carbocycles. The second kappa shape index (κ2) is 8.65. The molecule has 0 saturated carbocycles. The number of hydrogen-bond donors (Lipinski definition) is 2. The van der Waals surface area contributed by atoms with E-state index >= 15 is 0 Å². The molecule has 0 spiro atoms. The van der Waals surface area contributed by atoms with Crippen LogP contribution in [0.2, 0.25) is 0 Å². The van der Waals surface area contributed by atoms with Crippen molar-refractivity contribution in [1.29, 1.82) is 0 Å². The second-order valence-corrected chi connectivity index (χ2v) is 7.72. The summed E-state index contributed by atoms with van der Waals surface area (Å²) in [4.78, 5) is 21.6. The van der Waals surface area contributed by atoms with Gasteiger partial charge in [-0.05, 0) is 5.56 Å². The van der Waals surface area contributed by atoms with Crippen molar-refractivity contribution in [2.24, 2.45) is 5.41 Å². The maximum atomic E-state index is 9.55. The molecule has 2 bridgehead atoms. The zero-order valence-corrected chi connectivity index (χ0v) is 15.9. The molecule has 2 aliphatic heterocycles. The Morgan fingerprint density at radius 3 is 2.30 bits per heavy atom. The van der Waals surface area contributed by atoms with Crippen LogP contribution in [0.3, 0.4) is 0 Å². The molecule has 2 N–H and O–H groups in total. The van der Waals surface area contributed by atoms with Crippen LogP contribution >= 0.6 is 0 Å². The molecule has 7 heteroatoms. The molecule has 27 heavy (non-hydrogen) atoms. The van der Waals surface area contributed by atoms with Crippen molar-refractivity contribution in [2.75, 3.05) is 19.7 Å². The van der Waals surface area contributed by atoms with Crippen molar-refractivity contribution in [3.05, 3.63) is 48.0 Å². The van der Waals surface area contributed by atoms with Gasteiger partial charge in [-0.1, -0.05) is 51.1 Å². The van der Waals surface area contributed by atoms with E-state index in [2.05, 4.69) is 56.0 Å². The van der Waals surface area contributed by atoms with Gasteiger partial charge in [0.05, 0.1) is 19.3 Å². The molecule has 0 amide bonds. The molecule has 2 fully saturated rings. The Morgan fingerprint density at radius 1 is 1.19 bits per heavy atom. The van der Waals surface area contributed by atoms with Crippen LogP contribution in [0.1, 0.15) is 26.3 Å². The Kier molecular flexibility index (Phi) is 6.75. The number of hydrogen-bond acceptors (Lipinski definition) is 5. The lowest BCUT2D eigenvalue weighted by atomic mass is 9.84. The third-order valence-electron chi connectivity index (χ3n) is 4.51. The molecular formula is C20H27NO6. The molecule has 2 saturated heterocycles. The molecular weight excluding hydrogens is 350 g/mol. The number of carboxylic acid groups (broad SMARTS) is 2. The first-order valence-corrected chi connectivity index (χ1v) is 8.83. The molecule has 3 rings (SSSR count). The summed E-state index contributed by atoms with van der Waals surface area (Å²) in [6.45, 7) is 10.1. The summed E-state index contributed by atoms with van der Waals surface area (Å²) in [7, 11) is 0. The molecule has 0 radical (unpaired) electrons. The fourth-order valence-electron chi connectivity index (χ4n) is 3.12. The van der Waals surface area contributed by atoms with E-state index in [1.54, 1.807) is 0 Å². The van der Waals surface area contributed by atoms with E-state index in [1.165, 1.54) is 5.56 Å². The van der Waals surface area contributed by atoms with Crippen molar-refractivity contribution in [1.82, 2.24) is 4.90 Å². The van der Waals surface area contributed by atoms with Crippen molar-refractivity contribution < 1.29 is 29.3 Å². The average Bonchev–Trinajstić information content (AvgIpc) is 2.90. The van der Waals surface area contributed by atoms with Crippen LogP contribution in [0.5, 0.6) is 0 Å². The lowest BCUT2D eigenvalue weighted by molar-refractivity contribution is -0.259. The van der Waals surface area contributed by atoms with E-state index in [0.717, 1.165) is 26.2 Å².